The molecular formula is C42H45N9O6S. The Morgan fingerprint density at radius 2 is 1.64 bits per heavy atom. The van der Waals surface area contributed by atoms with Crippen molar-refractivity contribution < 1.29 is 27.6 Å². The number of aromatic nitrogens is 3. The predicted molar refractivity (Wildman–Crippen MR) is 219 cm³/mol. The number of amides is 4. The van der Waals surface area contributed by atoms with Crippen LogP contribution in [0.5, 0.6) is 0 Å². The second-order valence-corrected chi connectivity index (χ2v) is 17.0. The summed E-state index contributed by atoms with van der Waals surface area (Å²) in [5, 5.41) is 13.7. The van der Waals surface area contributed by atoms with Gasteiger partial charge in [0.2, 0.25) is 23.7 Å². The van der Waals surface area contributed by atoms with Crippen molar-refractivity contribution in [2.24, 2.45) is 0 Å². The Hall–Kier alpha value is -6.29. The van der Waals surface area contributed by atoms with Crippen LogP contribution in [0.25, 0.3) is 16.9 Å². The highest BCUT2D eigenvalue weighted by Gasteiger charge is 2.39. The van der Waals surface area contributed by atoms with E-state index >= 15 is 0 Å². The van der Waals surface area contributed by atoms with E-state index in [0.29, 0.717) is 49.6 Å². The van der Waals surface area contributed by atoms with Gasteiger partial charge < -0.3 is 25.3 Å². The summed E-state index contributed by atoms with van der Waals surface area (Å²) >= 11 is 0. The Labute approximate surface area is 336 Å². The molecule has 5 aromatic rings. The first-order chi connectivity index (χ1) is 28.0. The number of sulfone groups is 1. The van der Waals surface area contributed by atoms with Crippen molar-refractivity contribution in [2.75, 3.05) is 54.5 Å². The number of benzene rings is 3. The molecule has 2 saturated heterocycles. The lowest BCUT2D eigenvalue weighted by atomic mass is 10.0. The Morgan fingerprint density at radius 3 is 2.38 bits per heavy atom. The molecule has 0 saturated carbocycles. The van der Waals surface area contributed by atoms with Crippen LogP contribution in [0.1, 0.15) is 54.4 Å². The van der Waals surface area contributed by atoms with Crippen molar-refractivity contribution >= 4 is 62.1 Å². The SMILES string of the molecule is CS(=O)(=O)c1ccc(-c2cccc3nc(Nc4ccc(N5CCN(C(=O)CCCCCNc6ccc7c(c6)CN(C6CCC(=O)NC6=O)C7=O)CC5)cc4)nn23)cc1. The first kappa shape index (κ1) is 38.6. The molecule has 3 aliphatic heterocycles. The highest BCUT2D eigenvalue weighted by Crippen LogP contribution is 2.30. The van der Waals surface area contributed by atoms with Gasteiger partial charge in [0, 0.05) is 86.6 Å². The van der Waals surface area contributed by atoms with Gasteiger partial charge in [-0.3, -0.25) is 24.5 Å². The number of carbonyl (C=O) groups is 4. The number of unbranched alkanes of at least 4 members (excludes halogenated alkanes) is 2. The van der Waals surface area contributed by atoms with Gasteiger partial charge in [-0.1, -0.05) is 24.6 Å². The van der Waals surface area contributed by atoms with Crippen LogP contribution in [0.2, 0.25) is 0 Å². The van der Waals surface area contributed by atoms with Gasteiger partial charge >= 0.3 is 0 Å². The lowest BCUT2D eigenvalue weighted by Crippen LogP contribution is -2.52. The third-order valence-corrected chi connectivity index (χ3v) is 12.1. The maximum Gasteiger partial charge on any atom is 0.255 e. The number of hydrogen-bond donors (Lipinski definition) is 3. The summed E-state index contributed by atoms with van der Waals surface area (Å²) in [6, 6.07) is 25.5. The maximum absolute atomic E-state index is 13.0. The van der Waals surface area contributed by atoms with Crippen molar-refractivity contribution in [3.05, 3.63) is 96.1 Å². The molecule has 2 aromatic heterocycles. The number of fused-ring (bicyclic) bond motifs is 2. The summed E-state index contributed by atoms with van der Waals surface area (Å²) in [6.45, 7) is 3.94. The van der Waals surface area contributed by atoms with Gasteiger partial charge in [-0.2, -0.15) is 4.98 Å². The molecule has 15 nitrogen and oxygen atoms in total. The standard InChI is InChI=1S/C42H45N9O6S/c1-58(56,57)33-16-9-28(10-17-33)35-6-5-7-37-45-42(47-51(35)37)44-30-11-14-32(15-12-30)48-22-24-49(25-23-48)39(53)8-3-2-4-21-43-31-13-18-34-29(26-31)27-50(41(34)55)36-19-20-38(52)46-40(36)54/h5-7,9-18,26,36,43H,2-4,8,19-25,27H2,1H3,(H,44,47)(H,46,52,54). The van der Waals surface area contributed by atoms with E-state index in [9.17, 15) is 27.6 Å². The third kappa shape index (κ3) is 8.37. The number of imide groups is 1. The monoisotopic (exact) mass is 803 g/mol. The Kier molecular flexibility index (Phi) is 10.8. The molecule has 3 aromatic carbocycles. The van der Waals surface area contributed by atoms with Gasteiger partial charge in [0.1, 0.15) is 6.04 Å². The van der Waals surface area contributed by atoms with Gasteiger partial charge in [-0.05, 0) is 91.6 Å². The maximum atomic E-state index is 13.0. The molecule has 5 heterocycles. The lowest BCUT2D eigenvalue weighted by Gasteiger charge is -2.36. The molecule has 0 bridgehead atoms. The number of piperidine rings is 1. The van der Waals surface area contributed by atoms with E-state index in [4.69, 9.17) is 0 Å². The minimum Gasteiger partial charge on any atom is -0.385 e. The summed E-state index contributed by atoms with van der Waals surface area (Å²) in [6.07, 6.45) is 4.91. The smallest absolute Gasteiger partial charge is 0.255 e. The fourth-order valence-corrected chi connectivity index (χ4v) is 8.43. The van der Waals surface area contributed by atoms with Crippen molar-refractivity contribution in [3.8, 4) is 11.3 Å². The zero-order valence-electron chi connectivity index (χ0n) is 32.2. The number of carbonyl (C=O) groups excluding carboxylic acids is 4. The average molecular weight is 804 g/mol. The topological polar surface area (TPSA) is 178 Å². The number of nitrogens with one attached hydrogen (secondary N) is 3. The summed E-state index contributed by atoms with van der Waals surface area (Å²) < 4.78 is 25.5. The largest absolute Gasteiger partial charge is 0.385 e. The predicted octanol–water partition coefficient (Wildman–Crippen LogP) is 4.63. The van der Waals surface area contributed by atoms with E-state index in [0.717, 1.165) is 72.8 Å². The molecule has 4 amide bonds. The fourth-order valence-electron chi connectivity index (χ4n) is 7.80. The molecule has 0 spiro atoms. The molecule has 58 heavy (non-hydrogen) atoms. The quantitative estimate of drug-likeness (QED) is 0.112. The Balaban J connectivity index is 0.751. The van der Waals surface area contributed by atoms with Crippen LogP contribution in [-0.2, 0) is 30.8 Å². The first-order valence-corrected chi connectivity index (χ1v) is 21.5. The van der Waals surface area contributed by atoms with Crippen molar-refractivity contribution in [1.82, 2.24) is 29.7 Å². The van der Waals surface area contributed by atoms with E-state index in [1.54, 1.807) is 39.7 Å². The molecule has 1 atom stereocenters. The number of anilines is 4. The molecule has 3 N–H and O–H groups in total. The second-order valence-electron chi connectivity index (χ2n) is 15.0. The minimum atomic E-state index is -3.29. The zero-order valence-corrected chi connectivity index (χ0v) is 33.0. The fraction of sp³-hybridized carbons (Fsp3) is 0.333. The third-order valence-electron chi connectivity index (χ3n) is 11.0. The van der Waals surface area contributed by atoms with Crippen molar-refractivity contribution in [2.45, 2.75) is 56.0 Å². The normalized spacial score (nSPS) is 17.1. The molecule has 0 aliphatic carbocycles. The summed E-state index contributed by atoms with van der Waals surface area (Å²) in [4.78, 5) is 60.5. The van der Waals surface area contributed by atoms with E-state index in [-0.39, 0.29) is 29.0 Å². The van der Waals surface area contributed by atoms with Crippen LogP contribution >= 0.6 is 0 Å². The van der Waals surface area contributed by atoms with Crippen LogP contribution in [0.3, 0.4) is 0 Å². The molecule has 0 radical (unpaired) electrons. The van der Waals surface area contributed by atoms with Crippen LogP contribution in [0, 0.1) is 0 Å². The molecule has 16 heteroatoms. The Morgan fingerprint density at radius 1 is 0.879 bits per heavy atom. The molecule has 2 fully saturated rings. The number of rotatable bonds is 13. The van der Waals surface area contributed by atoms with E-state index in [2.05, 4.69) is 43.1 Å². The lowest BCUT2D eigenvalue weighted by molar-refractivity contribution is -0.137. The second kappa shape index (κ2) is 16.3. The number of nitrogens with zero attached hydrogens (tertiary/aromatic N) is 6. The van der Waals surface area contributed by atoms with Gasteiger partial charge in [0.25, 0.3) is 5.91 Å². The molecule has 300 valence electrons. The summed E-state index contributed by atoms with van der Waals surface area (Å²) in [5.41, 5.74) is 6.55. The highest BCUT2D eigenvalue weighted by molar-refractivity contribution is 7.90. The Bertz CT molecular complexity index is 2480. The van der Waals surface area contributed by atoms with Crippen LogP contribution in [0.4, 0.5) is 23.0 Å². The van der Waals surface area contributed by atoms with Crippen molar-refractivity contribution in [3.63, 3.8) is 0 Å². The molecule has 8 rings (SSSR count). The molecular weight excluding hydrogens is 759 g/mol. The van der Waals surface area contributed by atoms with Gasteiger partial charge in [-0.25, -0.2) is 12.9 Å². The number of piperazine rings is 1. The average Bonchev–Trinajstić information content (AvgIpc) is 3.78. The molecule has 3 aliphatic rings. The minimum absolute atomic E-state index is 0.181. The van der Waals surface area contributed by atoms with Crippen LogP contribution < -0.4 is 20.9 Å². The van der Waals surface area contributed by atoms with Gasteiger partial charge in [0.15, 0.2) is 15.5 Å². The van der Waals surface area contributed by atoms with Gasteiger partial charge in [0.05, 0.1) is 10.6 Å². The van der Waals surface area contributed by atoms with E-state index < -0.39 is 21.8 Å². The summed E-state index contributed by atoms with van der Waals surface area (Å²) in [7, 11) is -3.29. The van der Waals surface area contributed by atoms with Crippen LogP contribution in [0.15, 0.2) is 89.8 Å². The first-order valence-electron chi connectivity index (χ1n) is 19.6. The molecule has 1 unspecified atom stereocenters. The van der Waals surface area contributed by atoms with E-state index in [1.165, 1.54) is 6.26 Å². The summed E-state index contributed by atoms with van der Waals surface area (Å²) in [5.74, 6) is -0.267. The van der Waals surface area contributed by atoms with E-state index in [1.807, 2.05) is 47.4 Å². The van der Waals surface area contributed by atoms with Crippen LogP contribution in [-0.4, -0.2) is 101 Å². The zero-order chi connectivity index (χ0) is 40.4. The highest BCUT2D eigenvalue weighted by atomic mass is 32.2. The van der Waals surface area contributed by atoms with Crippen molar-refractivity contribution in [1.29, 1.82) is 0 Å². The number of pyridine rings is 1. The number of hydrogen-bond acceptors (Lipinski definition) is 11. The van der Waals surface area contributed by atoms with Gasteiger partial charge in [-0.15, -0.1) is 5.10 Å².